The van der Waals surface area contributed by atoms with Crippen molar-refractivity contribution in [2.24, 2.45) is 0 Å². The number of para-hydroxylation sites is 1. The number of nitrogens with one attached hydrogen (secondary N) is 1. The summed E-state index contributed by atoms with van der Waals surface area (Å²) in [7, 11) is 0. The molecule has 31 heavy (non-hydrogen) atoms. The molecule has 0 saturated carbocycles. The molecule has 2 heterocycles. The molecular weight excluding hydrogens is 430 g/mol. The van der Waals surface area contributed by atoms with Gasteiger partial charge in [0.05, 0.1) is 23.0 Å². The third-order valence-electron chi connectivity index (χ3n) is 5.31. The van der Waals surface area contributed by atoms with Crippen LogP contribution in [0.3, 0.4) is 0 Å². The van der Waals surface area contributed by atoms with Crippen molar-refractivity contribution in [3.8, 4) is 5.69 Å². The predicted molar refractivity (Wildman–Crippen MR) is 126 cm³/mol. The Bertz CT molecular complexity index is 1040. The van der Waals surface area contributed by atoms with E-state index in [1.54, 1.807) is 0 Å². The average molecular weight is 456 g/mol. The number of anilines is 1. The van der Waals surface area contributed by atoms with Crippen LogP contribution in [0.25, 0.3) is 5.69 Å². The van der Waals surface area contributed by atoms with Gasteiger partial charge in [-0.1, -0.05) is 47.6 Å². The van der Waals surface area contributed by atoms with Crippen LogP contribution >= 0.6 is 23.4 Å². The van der Waals surface area contributed by atoms with Gasteiger partial charge in [0.15, 0.2) is 11.0 Å². The maximum absolute atomic E-state index is 12.7. The topological polar surface area (TPSA) is 63.1 Å². The molecule has 6 nitrogen and oxygen atoms in total. The molecule has 0 unspecified atom stereocenters. The molecule has 0 aliphatic carbocycles. The van der Waals surface area contributed by atoms with Gasteiger partial charge < -0.3 is 5.32 Å². The molecule has 1 N–H and O–H groups in total. The minimum Gasteiger partial charge on any atom is -0.324 e. The van der Waals surface area contributed by atoms with Gasteiger partial charge in [-0.15, -0.1) is 10.2 Å². The number of likely N-dealkylation sites (tertiary alicyclic amines) is 1. The van der Waals surface area contributed by atoms with Crippen molar-refractivity contribution in [1.29, 1.82) is 0 Å². The summed E-state index contributed by atoms with van der Waals surface area (Å²) in [6.45, 7) is 6.86. The van der Waals surface area contributed by atoms with E-state index in [2.05, 4.69) is 25.0 Å². The number of hydrogen-bond donors (Lipinski definition) is 1. The van der Waals surface area contributed by atoms with Crippen molar-refractivity contribution in [3.05, 3.63) is 64.4 Å². The summed E-state index contributed by atoms with van der Waals surface area (Å²) in [6.07, 6.45) is 2.45. The minimum absolute atomic E-state index is 0.123. The van der Waals surface area contributed by atoms with E-state index < -0.39 is 0 Å². The number of carbonyl (C=O) groups excluding carboxylic acids is 1. The van der Waals surface area contributed by atoms with E-state index in [4.69, 9.17) is 11.6 Å². The maximum atomic E-state index is 12.7. The molecule has 1 fully saturated rings. The Morgan fingerprint density at radius 2 is 1.87 bits per heavy atom. The smallest absolute Gasteiger partial charge is 0.234 e. The number of aromatic nitrogens is 3. The molecular formula is C23H26ClN5OS. The van der Waals surface area contributed by atoms with Crippen LogP contribution < -0.4 is 5.32 Å². The normalized spacial score (nSPS) is 14.2. The van der Waals surface area contributed by atoms with Gasteiger partial charge in [-0.25, -0.2) is 0 Å². The van der Waals surface area contributed by atoms with Gasteiger partial charge >= 0.3 is 0 Å². The van der Waals surface area contributed by atoms with Crippen molar-refractivity contribution in [3.63, 3.8) is 0 Å². The Morgan fingerprint density at radius 3 is 2.58 bits per heavy atom. The molecule has 1 aliphatic rings. The van der Waals surface area contributed by atoms with Crippen LogP contribution in [0.4, 0.5) is 5.69 Å². The lowest BCUT2D eigenvalue weighted by Crippen LogP contribution is -2.21. The van der Waals surface area contributed by atoms with Gasteiger partial charge in [0.25, 0.3) is 0 Å². The zero-order valence-electron chi connectivity index (χ0n) is 17.8. The van der Waals surface area contributed by atoms with E-state index in [1.807, 2.05) is 56.3 Å². The molecule has 0 atom stereocenters. The minimum atomic E-state index is -0.123. The maximum Gasteiger partial charge on any atom is 0.234 e. The van der Waals surface area contributed by atoms with Crippen molar-refractivity contribution >= 4 is 35.0 Å². The van der Waals surface area contributed by atoms with Crippen LogP contribution in [0.1, 0.15) is 29.8 Å². The quantitative estimate of drug-likeness (QED) is 0.515. The molecule has 1 aromatic heterocycles. The van der Waals surface area contributed by atoms with Crippen molar-refractivity contribution in [2.45, 2.75) is 38.4 Å². The average Bonchev–Trinajstić information content (AvgIpc) is 3.40. The molecule has 1 saturated heterocycles. The second-order valence-electron chi connectivity index (χ2n) is 7.83. The Kier molecular flexibility index (Phi) is 6.95. The lowest BCUT2D eigenvalue weighted by molar-refractivity contribution is -0.113. The van der Waals surface area contributed by atoms with Gasteiger partial charge in [0.1, 0.15) is 0 Å². The molecule has 0 bridgehead atoms. The van der Waals surface area contributed by atoms with Crippen molar-refractivity contribution < 1.29 is 4.79 Å². The van der Waals surface area contributed by atoms with Crippen LogP contribution in [0.2, 0.25) is 5.02 Å². The standard InChI is InChI=1S/C23H26ClN5OS/c1-16-12-17(2)22(19(24)13-16)25-21(30)15-31-23-27-26-20(14-28-10-6-7-11-28)29(23)18-8-4-3-5-9-18/h3-5,8-9,12-13H,6-7,10-11,14-15H2,1-2H3,(H,25,30). The van der Waals surface area contributed by atoms with Crippen molar-refractivity contribution in [2.75, 3.05) is 24.2 Å². The van der Waals surface area contributed by atoms with Crippen LogP contribution in [0, 0.1) is 13.8 Å². The van der Waals surface area contributed by atoms with E-state index in [-0.39, 0.29) is 11.7 Å². The first-order chi connectivity index (χ1) is 15.0. The summed E-state index contributed by atoms with van der Waals surface area (Å²) in [6, 6.07) is 13.9. The first-order valence-electron chi connectivity index (χ1n) is 10.4. The largest absolute Gasteiger partial charge is 0.324 e. The number of thioether (sulfide) groups is 1. The summed E-state index contributed by atoms with van der Waals surface area (Å²) in [4.78, 5) is 15.0. The van der Waals surface area contributed by atoms with Gasteiger partial charge in [0.2, 0.25) is 5.91 Å². The van der Waals surface area contributed by atoms with Crippen LogP contribution in [0.5, 0.6) is 0 Å². The molecule has 0 spiro atoms. The van der Waals surface area contributed by atoms with E-state index in [0.717, 1.165) is 42.3 Å². The number of amides is 1. The predicted octanol–water partition coefficient (Wildman–Crippen LogP) is 4.86. The monoisotopic (exact) mass is 455 g/mol. The molecule has 4 rings (SSSR count). The second kappa shape index (κ2) is 9.85. The number of aryl methyl sites for hydroxylation is 2. The number of nitrogens with zero attached hydrogens (tertiary/aromatic N) is 4. The summed E-state index contributed by atoms with van der Waals surface area (Å²) < 4.78 is 2.06. The third-order valence-corrected chi connectivity index (χ3v) is 6.53. The van der Waals surface area contributed by atoms with Gasteiger partial charge in [-0.3, -0.25) is 14.3 Å². The van der Waals surface area contributed by atoms with Gasteiger partial charge in [-0.05, 0) is 69.1 Å². The highest BCUT2D eigenvalue weighted by Gasteiger charge is 2.20. The summed E-state index contributed by atoms with van der Waals surface area (Å²) >= 11 is 7.71. The molecule has 0 radical (unpaired) electrons. The number of halogens is 1. The van der Waals surface area contributed by atoms with E-state index in [9.17, 15) is 4.79 Å². The van der Waals surface area contributed by atoms with E-state index >= 15 is 0 Å². The lowest BCUT2D eigenvalue weighted by atomic mass is 10.1. The zero-order valence-corrected chi connectivity index (χ0v) is 19.3. The zero-order chi connectivity index (χ0) is 21.8. The molecule has 8 heteroatoms. The SMILES string of the molecule is Cc1cc(C)c(NC(=O)CSc2nnc(CN3CCCC3)n2-c2ccccc2)c(Cl)c1. The second-order valence-corrected chi connectivity index (χ2v) is 9.18. The van der Waals surface area contributed by atoms with Crippen LogP contribution in [-0.4, -0.2) is 44.4 Å². The molecule has 162 valence electrons. The Morgan fingerprint density at radius 1 is 1.13 bits per heavy atom. The fourth-order valence-electron chi connectivity index (χ4n) is 3.85. The highest BCUT2D eigenvalue weighted by Crippen LogP contribution is 2.28. The number of benzene rings is 2. The number of carbonyl (C=O) groups is 1. The molecule has 2 aromatic carbocycles. The van der Waals surface area contributed by atoms with Gasteiger partial charge in [0, 0.05) is 5.69 Å². The highest BCUT2D eigenvalue weighted by molar-refractivity contribution is 7.99. The number of hydrogen-bond acceptors (Lipinski definition) is 5. The highest BCUT2D eigenvalue weighted by atomic mass is 35.5. The molecule has 1 aliphatic heterocycles. The fraction of sp³-hybridized carbons (Fsp3) is 0.348. The first kappa shape index (κ1) is 21.9. The lowest BCUT2D eigenvalue weighted by Gasteiger charge is -2.16. The van der Waals surface area contributed by atoms with Crippen molar-refractivity contribution in [1.82, 2.24) is 19.7 Å². The summed E-state index contributed by atoms with van der Waals surface area (Å²) in [5.41, 5.74) is 3.68. The first-order valence-corrected chi connectivity index (χ1v) is 11.8. The molecule has 3 aromatic rings. The fourth-order valence-corrected chi connectivity index (χ4v) is 4.99. The van der Waals surface area contributed by atoms with Crippen LogP contribution in [-0.2, 0) is 11.3 Å². The Labute approximate surface area is 192 Å². The van der Waals surface area contributed by atoms with E-state index in [1.165, 1.54) is 24.6 Å². The van der Waals surface area contributed by atoms with Gasteiger partial charge in [-0.2, -0.15) is 0 Å². The summed E-state index contributed by atoms with van der Waals surface area (Å²) in [5, 5.41) is 13.1. The third kappa shape index (κ3) is 5.29. The molecule has 1 amide bonds. The Hall–Kier alpha value is -2.35. The number of rotatable bonds is 7. The summed E-state index contributed by atoms with van der Waals surface area (Å²) in [5.74, 6) is 0.995. The van der Waals surface area contributed by atoms with Crippen LogP contribution in [0.15, 0.2) is 47.6 Å². The van der Waals surface area contributed by atoms with E-state index in [0.29, 0.717) is 15.9 Å². The Balaban J connectivity index is 1.50.